The molecule has 1 aromatic heterocycles. The molecule has 0 saturated carbocycles. The molecule has 1 aliphatic rings. The van der Waals surface area contributed by atoms with Crippen LogP contribution in [0.2, 0.25) is 0 Å². The van der Waals surface area contributed by atoms with Gasteiger partial charge >= 0.3 is 6.03 Å². The van der Waals surface area contributed by atoms with Crippen LogP contribution in [0.3, 0.4) is 0 Å². The second-order valence-corrected chi connectivity index (χ2v) is 3.88. The van der Waals surface area contributed by atoms with Crippen molar-refractivity contribution in [2.24, 2.45) is 0 Å². The molecule has 0 atom stereocenters. The molecule has 3 amide bonds. The normalized spacial score (nSPS) is 18.5. The summed E-state index contributed by atoms with van der Waals surface area (Å²) in [5, 5.41) is 6.52. The van der Waals surface area contributed by atoms with Crippen molar-refractivity contribution in [2.75, 3.05) is 0 Å². The Bertz CT molecular complexity index is 434. The predicted octanol–water partition coefficient (Wildman–Crippen LogP) is 1.24. The lowest BCUT2D eigenvalue weighted by molar-refractivity contribution is -0.115. The summed E-state index contributed by atoms with van der Waals surface area (Å²) in [6.45, 7) is 1.96. The fourth-order valence-electron chi connectivity index (χ4n) is 1.15. The summed E-state index contributed by atoms with van der Waals surface area (Å²) < 4.78 is 0. The fraction of sp³-hybridized carbons (Fsp3) is 0.111. The van der Waals surface area contributed by atoms with Crippen LogP contribution in [0.15, 0.2) is 17.1 Å². The third kappa shape index (κ3) is 1.54. The van der Waals surface area contributed by atoms with Crippen LogP contribution in [0.4, 0.5) is 4.79 Å². The molecule has 1 aromatic rings. The first kappa shape index (κ1) is 8.96. The largest absolute Gasteiger partial charge is 0.326 e. The summed E-state index contributed by atoms with van der Waals surface area (Å²) >= 11 is 1.53. The molecule has 1 fully saturated rings. The average Bonchev–Trinajstić information content (AvgIpc) is 2.62. The van der Waals surface area contributed by atoms with E-state index >= 15 is 0 Å². The molecule has 5 heteroatoms. The van der Waals surface area contributed by atoms with Crippen molar-refractivity contribution in [3.63, 3.8) is 0 Å². The molecule has 0 aliphatic carbocycles. The number of carbonyl (C=O) groups excluding carboxylic acids is 2. The minimum absolute atomic E-state index is 0.306. The number of aryl methyl sites for hydroxylation is 1. The van der Waals surface area contributed by atoms with E-state index in [4.69, 9.17) is 0 Å². The number of rotatable bonds is 1. The van der Waals surface area contributed by atoms with E-state index in [2.05, 4.69) is 10.6 Å². The highest BCUT2D eigenvalue weighted by Crippen LogP contribution is 2.19. The fourth-order valence-corrected chi connectivity index (χ4v) is 2.00. The van der Waals surface area contributed by atoms with Gasteiger partial charge in [0, 0.05) is 4.88 Å². The van der Waals surface area contributed by atoms with Crippen LogP contribution >= 0.6 is 11.3 Å². The molecule has 1 aliphatic heterocycles. The highest BCUT2D eigenvalue weighted by atomic mass is 32.1. The maximum atomic E-state index is 11.2. The molecule has 0 radical (unpaired) electrons. The van der Waals surface area contributed by atoms with Crippen LogP contribution in [0.1, 0.15) is 10.4 Å². The second-order valence-electron chi connectivity index (χ2n) is 2.93. The average molecular weight is 208 g/mol. The number of carbonyl (C=O) groups is 2. The van der Waals surface area contributed by atoms with E-state index in [-0.39, 0.29) is 5.91 Å². The standard InChI is InChI=1S/C9H8N2O2S/c1-5-2-3-14-7(5)4-6-8(12)11-9(13)10-6/h2-4H,1H3,(H2,10,11,12,13)/b6-4+. The molecule has 0 aromatic carbocycles. The molecule has 0 spiro atoms. The quantitative estimate of drug-likeness (QED) is 0.539. The van der Waals surface area contributed by atoms with Gasteiger partial charge in [0.1, 0.15) is 5.70 Å². The Kier molecular flexibility index (Phi) is 2.09. The molecule has 72 valence electrons. The lowest BCUT2D eigenvalue weighted by atomic mass is 10.2. The number of hydrogen-bond acceptors (Lipinski definition) is 3. The minimum atomic E-state index is -0.463. The van der Waals surface area contributed by atoms with E-state index in [0.717, 1.165) is 10.4 Å². The van der Waals surface area contributed by atoms with Gasteiger partial charge < -0.3 is 5.32 Å². The summed E-state index contributed by atoms with van der Waals surface area (Å²) in [5.74, 6) is -0.372. The Morgan fingerprint density at radius 3 is 2.64 bits per heavy atom. The Morgan fingerprint density at radius 1 is 1.36 bits per heavy atom. The zero-order valence-electron chi connectivity index (χ0n) is 7.46. The molecule has 0 bridgehead atoms. The van der Waals surface area contributed by atoms with E-state index in [0.29, 0.717) is 5.70 Å². The summed E-state index contributed by atoms with van der Waals surface area (Å²) in [5.41, 5.74) is 1.40. The first-order valence-electron chi connectivity index (χ1n) is 4.05. The number of imide groups is 1. The van der Waals surface area contributed by atoms with Crippen LogP contribution in [0.25, 0.3) is 6.08 Å². The van der Waals surface area contributed by atoms with E-state index in [1.807, 2.05) is 18.4 Å². The second kappa shape index (κ2) is 3.26. The van der Waals surface area contributed by atoms with Crippen molar-refractivity contribution in [2.45, 2.75) is 6.92 Å². The molecule has 14 heavy (non-hydrogen) atoms. The van der Waals surface area contributed by atoms with Gasteiger partial charge in [-0.15, -0.1) is 11.3 Å². The lowest BCUT2D eigenvalue weighted by Crippen LogP contribution is -2.22. The SMILES string of the molecule is Cc1ccsc1/C=C1/NC(=O)NC1=O. The molecule has 0 unspecified atom stereocenters. The van der Waals surface area contributed by atoms with Crippen molar-refractivity contribution in [1.29, 1.82) is 0 Å². The molecule has 2 rings (SSSR count). The molecule has 1 saturated heterocycles. The van der Waals surface area contributed by atoms with Gasteiger partial charge in [-0.05, 0) is 30.0 Å². The first-order valence-corrected chi connectivity index (χ1v) is 4.93. The van der Waals surface area contributed by atoms with E-state index in [1.54, 1.807) is 6.08 Å². The van der Waals surface area contributed by atoms with Gasteiger partial charge in [-0.25, -0.2) is 4.79 Å². The molecule has 2 heterocycles. The van der Waals surface area contributed by atoms with E-state index < -0.39 is 6.03 Å². The van der Waals surface area contributed by atoms with Crippen LogP contribution in [-0.2, 0) is 4.79 Å². The smallest absolute Gasteiger partial charge is 0.303 e. The van der Waals surface area contributed by atoms with Crippen LogP contribution < -0.4 is 10.6 Å². The zero-order valence-corrected chi connectivity index (χ0v) is 8.27. The summed E-state index contributed by atoms with van der Waals surface area (Å²) in [6, 6.07) is 1.50. The molecule has 4 nitrogen and oxygen atoms in total. The van der Waals surface area contributed by atoms with Gasteiger partial charge in [-0.2, -0.15) is 0 Å². The van der Waals surface area contributed by atoms with Crippen molar-refractivity contribution < 1.29 is 9.59 Å². The topological polar surface area (TPSA) is 58.2 Å². The summed E-state index contributed by atoms with van der Waals surface area (Å²) in [6.07, 6.45) is 1.68. The monoisotopic (exact) mass is 208 g/mol. The Hall–Kier alpha value is -1.62. The number of urea groups is 1. The van der Waals surface area contributed by atoms with Crippen molar-refractivity contribution in [3.8, 4) is 0 Å². The van der Waals surface area contributed by atoms with Crippen LogP contribution in [-0.4, -0.2) is 11.9 Å². The van der Waals surface area contributed by atoms with Crippen LogP contribution in [0, 0.1) is 6.92 Å². The van der Waals surface area contributed by atoms with Gasteiger partial charge in [-0.3, -0.25) is 10.1 Å². The predicted molar refractivity (Wildman–Crippen MR) is 53.7 cm³/mol. The third-order valence-corrected chi connectivity index (χ3v) is 2.86. The molecular formula is C9H8N2O2S. The Labute approximate surface area is 84.6 Å². The van der Waals surface area contributed by atoms with Crippen molar-refractivity contribution in [3.05, 3.63) is 27.6 Å². The van der Waals surface area contributed by atoms with Crippen LogP contribution in [0.5, 0.6) is 0 Å². The van der Waals surface area contributed by atoms with Gasteiger partial charge in [-0.1, -0.05) is 0 Å². The van der Waals surface area contributed by atoms with E-state index in [9.17, 15) is 9.59 Å². The number of thiophene rings is 1. The Morgan fingerprint density at radius 2 is 2.14 bits per heavy atom. The first-order chi connectivity index (χ1) is 6.66. The van der Waals surface area contributed by atoms with Gasteiger partial charge in [0.25, 0.3) is 5.91 Å². The maximum Gasteiger partial charge on any atom is 0.326 e. The highest BCUT2D eigenvalue weighted by molar-refractivity contribution is 7.11. The summed E-state index contributed by atoms with van der Waals surface area (Å²) in [4.78, 5) is 22.9. The van der Waals surface area contributed by atoms with Crippen molar-refractivity contribution >= 4 is 29.4 Å². The number of hydrogen-bond donors (Lipinski definition) is 2. The van der Waals surface area contributed by atoms with Gasteiger partial charge in [0.2, 0.25) is 0 Å². The minimum Gasteiger partial charge on any atom is -0.303 e. The van der Waals surface area contributed by atoms with Gasteiger partial charge in [0.05, 0.1) is 0 Å². The lowest BCUT2D eigenvalue weighted by Gasteiger charge is -1.93. The molecule has 2 N–H and O–H groups in total. The highest BCUT2D eigenvalue weighted by Gasteiger charge is 2.22. The molecular weight excluding hydrogens is 200 g/mol. The summed E-state index contributed by atoms with van der Waals surface area (Å²) in [7, 11) is 0. The van der Waals surface area contributed by atoms with Gasteiger partial charge in [0.15, 0.2) is 0 Å². The number of amides is 3. The van der Waals surface area contributed by atoms with Crippen molar-refractivity contribution in [1.82, 2.24) is 10.6 Å². The van der Waals surface area contributed by atoms with E-state index in [1.165, 1.54) is 11.3 Å². The zero-order chi connectivity index (χ0) is 10.1. The third-order valence-electron chi connectivity index (χ3n) is 1.90. The Balaban J connectivity index is 2.32. The number of nitrogens with one attached hydrogen (secondary N) is 2. The maximum absolute atomic E-state index is 11.2.